The van der Waals surface area contributed by atoms with Crippen molar-refractivity contribution in [3.8, 4) is 0 Å². The van der Waals surface area contributed by atoms with Crippen molar-refractivity contribution in [3.63, 3.8) is 0 Å². The maximum atomic E-state index is 12.4. The van der Waals surface area contributed by atoms with Gasteiger partial charge in [0, 0.05) is 17.1 Å². The fourth-order valence-electron chi connectivity index (χ4n) is 2.12. The van der Waals surface area contributed by atoms with Gasteiger partial charge >= 0.3 is 0 Å². The second kappa shape index (κ2) is 7.96. The molecule has 9 heteroatoms. The molecule has 0 heterocycles. The molecule has 0 radical (unpaired) electrons. The van der Waals surface area contributed by atoms with Crippen LogP contribution in [0.25, 0.3) is 0 Å². The maximum absolute atomic E-state index is 12.4. The zero-order valence-electron chi connectivity index (χ0n) is 13.7. The Balaban J connectivity index is 2.20. The van der Waals surface area contributed by atoms with Gasteiger partial charge in [-0.15, -0.1) is 0 Å². The zero-order chi connectivity index (χ0) is 18.7. The van der Waals surface area contributed by atoms with Gasteiger partial charge in [0.05, 0.1) is 9.79 Å². The molecule has 2 rings (SSSR count). The Morgan fingerprint density at radius 1 is 0.960 bits per heavy atom. The van der Waals surface area contributed by atoms with Crippen LogP contribution in [0.5, 0.6) is 0 Å². The van der Waals surface area contributed by atoms with Crippen LogP contribution in [0.3, 0.4) is 0 Å². The van der Waals surface area contributed by atoms with E-state index in [2.05, 4.69) is 25.4 Å². The first-order chi connectivity index (χ1) is 11.6. The molecule has 2 aromatic rings. The summed E-state index contributed by atoms with van der Waals surface area (Å²) in [5.41, 5.74) is 0.544. The van der Waals surface area contributed by atoms with E-state index in [4.69, 9.17) is 0 Å². The SMILES string of the molecule is CC(C)NS(=O)(=O)c1cccc(CNS(=O)(=O)c2ccccc2Br)c1. The molecule has 0 aliphatic heterocycles. The first-order valence-corrected chi connectivity index (χ1v) is 11.2. The van der Waals surface area contributed by atoms with E-state index in [9.17, 15) is 16.8 Å². The average molecular weight is 447 g/mol. The highest BCUT2D eigenvalue weighted by Gasteiger charge is 2.18. The minimum absolute atomic E-state index is 0.0191. The van der Waals surface area contributed by atoms with Gasteiger partial charge in [0.25, 0.3) is 0 Å². The smallest absolute Gasteiger partial charge is 0.209 e. The van der Waals surface area contributed by atoms with Gasteiger partial charge in [0.2, 0.25) is 20.0 Å². The van der Waals surface area contributed by atoms with Gasteiger partial charge in [-0.2, -0.15) is 0 Å². The molecular formula is C16H19BrN2O4S2. The van der Waals surface area contributed by atoms with Crippen molar-refractivity contribution in [1.29, 1.82) is 0 Å². The molecule has 0 saturated heterocycles. The maximum Gasteiger partial charge on any atom is 0.241 e. The molecule has 0 fully saturated rings. The van der Waals surface area contributed by atoms with E-state index in [1.54, 1.807) is 44.2 Å². The lowest BCUT2D eigenvalue weighted by Gasteiger charge is -2.12. The summed E-state index contributed by atoms with van der Waals surface area (Å²) in [4.78, 5) is 0.221. The summed E-state index contributed by atoms with van der Waals surface area (Å²) >= 11 is 3.21. The van der Waals surface area contributed by atoms with Crippen LogP contribution in [-0.2, 0) is 26.6 Å². The van der Waals surface area contributed by atoms with Crippen LogP contribution in [-0.4, -0.2) is 22.9 Å². The predicted octanol–water partition coefficient (Wildman–Crippen LogP) is 2.61. The van der Waals surface area contributed by atoms with Gasteiger partial charge in [-0.25, -0.2) is 26.3 Å². The Hall–Kier alpha value is -1.26. The molecular weight excluding hydrogens is 428 g/mol. The minimum atomic E-state index is -3.72. The third kappa shape index (κ3) is 5.35. The third-order valence-electron chi connectivity index (χ3n) is 3.19. The number of hydrogen-bond acceptors (Lipinski definition) is 4. The average Bonchev–Trinajstić information content (AvgIpc) is 2.52. The van der Waals surface area contributed by atoms with E-state index >= 15 is 0 Å². The first-order valence-electron chi connectivity index (χ1n) is 7.47. The molecule has 6 nitrogen and oxygen atoms in total. The Labute approximate surface area is 156 Å². The highest BCUT2D eigenvalue weighted by atomic mass is 79.9. The lowest BCUT2D eigenvalue weighted by Crippen LogP contribution is -2.30. The molecule has 0 saturated carbocycles. The number of halogens is 1. The van der Waals surface area contributed by atoms with Crippen molar-refractivity contribution >= 4 is 36.0 Å². The molecule has 2 aromatic carbocycles. The van der Waals surface area contributed by atoms with Gasteiger partial charge in [-0.1, -0.05) is 24.3 Å². The summed E-state index contributed by atoms with van der Waals surface area (Å²) in [6.45, 7) is 3.44. The molecule has 2 N–H and O–H groups in total. The molecule has 0 bridgehead atoms. The fraction of sp³-hybridized carbons (Fsp3) is 0.250. The molecule has 0 unspecified atom stereocenters. The van der Waals surface area contributed by atoms with Crippen LogP contribution in [0.2, 0.25) is 0 Å². The van der Waals surface area contributed by atoms with Crippen molar-refractivity contribution in [2.24, 2.45) is 0 Å². The second-order valence-corrected chi connectivity index (χ2v) is 9.98. The largest absolute Gasteiger partial charge is 0.241 e. The highest BCUT2D eigenvalue weighted by molar-refractivity contribution is 9.10. The predicted molar refractivity (Wildman–Crippen MR) is 100 cm³/mol. The highest BCUT2D eigenvalue weighted by Crippen LogP contribution is 2.21. The number of nitrogens with one attached hydrogen (secondary N) is 2. The van der Waals surface area contributed by atoms with E-state index in [1.807, 2.05) is 0 Å². The molecule has 0 aliphatic rings. The molecule has 136 valence electrons. The number of benzene rings is 2. The number of rotatable bonds is 7. The Morgan fingerprint density at radius 3 is 2.28 bits per heavy atom. The second-order valence-electron chi connectivity index (χ2n) is 5.68. The Morgan fingerprint density at radius 2 is 1.64 bits per heavy atom. The molecule has 0 aliphatic carbocycles. The van der Waals surface area contributed by atoms with Crippen molar-refractivity contribution in [2.45, 2.75) is 36.2 Å². The van der Waals surface area contributed by atoms with E-state index in [-0.39, 0.29) is 22.4 Å². The van der Waals surface area contributed by atoms with E-state index in [0.717, 1.165) is 0 Å². The van der Waals surface area contributed by atoms with Crippen molar-refractivity contribution in [1.82, 2.24) is 9.44 Å². The van der Waals surface area contributed by atoms with Crippen molar-refractivity contribution in [2.75, 3.05) is 0 Å². The summed E-state index contributed by atoms with van der Waals surface area (Å²) in [7, 11) is -7.35. The first kappa shape index (κ1) is 20.1. The normalized spacial score (nSPS) is 12.5. The van der Waals surface area contributed by atoms with Crippen LogP contribution in [0, 0.1) is 0 Å². The van der Waals surface area contributed by atoms with E-state index in [1.165, 1.54) is 18.2 Å². The lowest BCUT2D eigenvalue weighted by atomic mass is 10.2. The van der Waals surface area contributed by atoms with Crippen LogP contribution >= 0.6 is 15.9 Å². The van der Waals surface area contributed by atoms with Gasteiger partial charge in [-0.05, 0) is 59.6 Å². The zero-order valence-corrected chi connectivity index (χ0v) is 16.9. The minimum Gasteiger partial charge on any atom is -0.209 e. The van der Waals surface area contributed by atoms with Crippen LogP contribution < -0.4 is 9.44 Å². The quantitative estimate of drug-likeness (QED) is 0.683. The summed E-state index contributed by atoms with van der Waals surface area (Å²) in [6.07, 6.45) is 0. The summed E-state index contributed by atoms with van der Waals surface area (Å²) in [5.74, 6) is 0. The monoisotopic (exact) mass is 446 g/mol. The van der Waals surface area contributed by atoms with E-state index < -0.39 is 20.0 Å². The topological polar surface area (TPSA) is 92.3 Å². The van der Waals surface area contributed by atoms with Crippen LogP contribution in [0.4, 0.5) is 0 Å². The standard InChI is InChI=1S/C16H19BrN2O4S2/c1-12(2)19-24(20,21)14-7-5-6-13(10-14)11-18-25(22,23)16-9-4-3-8-15(16)17/h3-10,12,18-19H,11H2,1-2H3. The van der Waals surface area contributed by atoms with E-state index in [0.29, 0.717) is 10.0 Å². The van der Waals surface area contributed by atoms with Gasteiger partial charge < -0.3 is 0 Å². The molecule has 0 spiro atoms. The Kier molecular flexibility index (Phi) is 6.39. The van der Waals surface area contributed by atoms with Gasteiger partial charge in [-0.3, -0.25) is 0 Å². The third-order valence-corrected chi connectivity index (χ3v) is 7.26. The van der Waals surface area contributed by atoms with Gasteiger partial charge in [0.15, 0.2) is 0 Å². The summed E-state index contributed by atoms with van der Waals surface area (Å²) in [5, 5.41) is 0. The number of sulfonamides is 2. The summed E-state index contributed by atoms with van der Waals surface area (Å²) in [6, 6.07) is 12.4. The van der Waals surface area contributed by atoms with Crippen molar-refractivity contribution in [3.05, 3.63) is 58.6 Å². The van der Waals surface area contributed by atoms with Crippen LogP contribution in [0.1, 0.15) is 19.4 Å². The Bertz CT molecular complexity index is 958. The lowest BCUT2D eigenvalue weighted by molar-refractivity contribution is 0.569. The molecule has 0 amide bonds. The van der Waals surface area contributed by atoms with Gasteiger partial charge in [0.1, 0.15) is 0 Å². The van der Waals surface area contributed by atoms with Crippen molar-refractivity contribution < 1.29 is 16.8 Å². The van der Waals surface area contributed by atoms with Crippen LogP contribution in [0.15, 0.2) is 62.8 Å². The molecule has 0 aromatic heterocycles. The molecule has 25 heavy (non-hydrogen) atoms. The fourth-order valence-corrected chi connectivity index (χ4v) is 5.46. The number of hydrogen-bond donors (Lipinski definition) is 2. The summed E-state index contributed by atoms with van der Waals surface area (Å²) < 4.78 is 54.6. The molecule has 0 atom stereocenters.